The number of hydrogen-bond acceptors (Lipinski definition) is 3. The molecule has 23 heavy (non-hydrogen) atoms. The summed E-state index contributed by atoms with van der Waals surface area (Å²) in [6.45, 7) is 1.35. The third-order valence-corrected chi connectivity index (χ3v) is 3.98. The number of para-hydroxylation sites is 1. The number of nitrogens with zero attached hydrogens (tertiary/aromatic N) is 1. The zero-order valence-electron chi connectivity index (χ0n) is 13.7. The Kier molecular flexibility index (Phi) is 6.23. The number of benzene rings is 2. The van der Waals surface area contributed by atoms with Crippen molar-refractivity contribution in [2.75, 3.05) is 21.3 Å². The van der Waals surface area contributed by atoms with Gasteiger partial charge in [-0.15, -0.1) is 0 Å². The van der Waals surface area contributed by atoms with E-state index in [0.29, 0.717) is 18.2 Å². The highest BCUT2D eigenvalue weighted by atomic mass is 32.1. The molecule has 0 radical (unpaired) electrons. The lowest BCUT2D eigenvalue weighted by Crippen LogP contribution is -2.36. The summed E-state index contributed by atoms with van der Waals surface area (Å²) in [6.07, 6.45) is 0. The second-order valence-corrected chi connectivity index (χ2v) is 5.54. The molecule has 0 aliphatic carbocycles. The van der Waals surface area contributed by atoms with Crippen LogP contribution in [0.4, 0.5) is 0 Å². The van der Waals surface area contributed by atoms with Crippen LogP contribution in [0.5, 0.6) is 11.5 Å². The molecule has 0 bridgehead atoms. The highest BCUT2D eigenvalue weighted by molar-refractivity contribution is 7.80. The van der Waals surface area contributed by atoms with Crippen LogP contribution in [-0.2, 0) is 13.1 Å². The van der Waals surface area contributed by atoms with E-state index in [0.717, 1.165) is 17.1 Å². The molecule has 0 aliphatic heterocycles. The Hall–Kier alpha value is -2.27. The highest BCUT2D eigenvalue weighted by Crippen LogP contribution is 2.31. The minimum atomic E-state index is 0.640. The van der Waals surface area contributed by atoms with Crippen LogP contribution in [0.2, 0.25) is 0 Å². The molecule has 2 aromatic carbocycles. The summed E-state index contributed by atoms with van der Waals surface area (Å²) in [6, 6.07) is 16.0. The van der Waals surface area contributed by atoms with E-state index >= 15 is 0 Å². The quantitative estimate of drug-likeness (QED) is 0.823. The fourth-order valence-electron chi connectivity index (χ4n) is 2.31. The van der Waals surface area contributed by atoms with Gasteiger partial charge in [0.15, 0.2) is 16.6 Å². The van der Waals surface area contributed by atoms with E-state index in [2.05, 4.69) is 17.4 Å². The highest BCUT2D eigenvalue weighted by Gasteiger charge is 2.12. The fraction of sp³-hybridized carbons (Fsp3) is 0.278. The normalized spacial score (nSPS) is 10.0. The van der Waals surface area contributed by atoms with Gasteiger partial charge in [0.25, 0.3) is 0 Å². The van der Waals surface area contributed by atoms with Crippen LogP contribution in [-0.4, -0.2) is 31.3 Å². The second-order valence-electron chi connectivity index (χ2n) is 5.15. The van der Waals surface area contributed by atoms with E-state index < -0.39 is 0 Å². The van der Waals surface area contributed by atoms with Gasteiger partial charge in [-0.1, -0.05) is 42.5 Å². The van der Waals surface area contributed by atoms with Crippen molar-refractivity contribution in [3.8, 4) is 11.5 Å². The molecular formula is C18H22N2O2S. The SMILES string of the molecule is COc1cccc(CN(C)C(=S)NCc2ccccc2)c1OC. The lowest BCUT2D eigenvalue weighted by atomic mass is 10.1. The Morgan fingerprint density at radius 1 is 1.04 bits per heavy atom. The van der Waals surface area contributed by atoms with Crippen LogP contribution in [0.1, 0.15) is 11.1 Å². The number of nitrogens with one attached hydrogen (secondary N) is 1. The van der Waals surface area contributed by atoms with Crippen molar-refractivity contribution >= 4 is 17.3 Å². The van der Waals surface area contributed by atoms with Crippen molar-refractivity contribution in [2.24, 2.45) is 0 Å². The third kappa shape index (κ3) is 4.60. The van der Waals surface area contributed by atoms with Gasteiger partial charge in [-0.3, -0.25) is 0 Å². The van der Waals surface area contributed by atoms with Crippen molar-refractivity contribution in [3.05, 3.63) is 59.7 Å². The van der Waals surface area contributed by atoms with E-state index in [9.17, 15) is 0 Å². The first-order valence-corrected chi connectivity index (χ1v) is 7.79. The predicted molar refractivity (Wildman–Crippen MR) is 96.9 cm³/mol. The molecule has 0 atom stereocenters. The second kappa shape index (κ2) is 8.39. The average molecular weight is 330 g/mol. The number of rotatable bonds is 6. The zero-order valence-corrected chi connectivity index (χ0v) is 14.5. The maximum absolute atomic E-state index is 5.46. The summed E-state index contributed by atoms with van der Waals surface area (Å²) in [5.74, 6) is 1.47. The lowest BCUT2D eigenvalue weighted by Gasteiger charge is -2.23. The molecule has 0 aromatic heterocycles. The van der Waals surface area contributed by atoms with E-state index in [-0.39, 0.29) is 0 Å². The van der Waals surface area contributed by atoms with E-state index in [1.807, 2.05) is 48.3 Å². The number of thiocarbonyl (C=S) groups is 1. The van der Waals surface area contributed by atoms with E-state index in [1.54, 1.807) is 14.2 Å². The Balaban J connectivity index is 1.98. The first kappa shape index (κ1) is 17.1. The topological polar surface area (TPSA) is 33.7 Å². The molecule has 4 nitrogen and oxygen atoms in total. The van der Waals surface area contributed by atoms with Crippen molar-refractivity contribution < 1.29 is 9.47 Å². The smallest absolute Gasteiger partial charge is 0.169 e. The zero-order chi connectivity index (χ0) is 16.7. The van der Waals surface area contributed by atoms with Crippen LogP contribution < -0.4 is 14.8 Å². The van der Waals surface area contributed by atoms with Gasteiger partial charge in [-0.2, -0.15) is 0 Å². The molecule has 0 fully saturated rings. The monoisotopic (exact) mass is 330 g/mol. The molecule has 0 saturated heterocycles. The molecule has 2 rings (SSSR count). The fourth-order valence-corrected chi connectivity index (χ4v) is 2.45. The molecular weight excluding hydrogens is 308 g/mol. The van der Waals surface area contributed by atoms with Crippen molar-refractivity contribution in [1.82, 2.24) is 10.2 Å². The molecule has 0 heterocycles. The lowest BCUT2D eigenvalue weighted by molar-refractivity contribution is 0.346. The van der Waals surface area contributed by atoms with Gasteiger partial charge in [-0.25, -0.2) is 0 Å². The third-order valence-electron chi connectivity index (χ3n) is 3.53. The standard InChI is InChI=1S/C18H22N2O2S/c1-20(18(23)19-12-14-8-5-4-6-9-14)13-15-10-7-11-16(21-2)17(15)22-3/h4-11H,12-13H2,1-3H3,(H,19,23). The summed E-state index contributed by atoms with van der Waals surface area (Å²) in [4.78, 5) is 1.98. The molecule has 1 N–H and O–H groups in total. The first-order valence-electron chi connectivity index (χ1n) is 7.38. The minimum absolute atomic E-state index is 0.640. The molecule has 0 saturated carbocycles. The Labute approximate surface area is 143 Å². The number of ether oxygens (including phenoxy) is 2. The molecule has 0 spiro atoms. The van der Waals surface area contributed by atoms with Gasteiger partial charge in [0.2, 0.25) is 0 Å². The van der Waals surface area contributed by atoms with Crippen molar-refractivity contribution in [2.45, 2.75) is 13.1 Å². The maximum Gasteiger partial charge on any atom is 0.169 e. The first-order chi connectivity index (χ1) is 11.2. The number of methoxy groups -OCH3 is 2. The van der Waals surface area contributed by atoms with Gasteiger partial charge in [-0.05, 0) is 23.8 Å². The average Bonchev–Trinajstić information content (AvgIpc) is 2.60. The minimum Gasteiger partial charge on any atom is -0.493 e. The van der Waals surface area contributed by atoms with Gasteiger partial charge < -0.3 is 19.7 Å². The van der Waals surface area contributed by atoms with Gasteiger partial charge >= 0.3 is 0 Å². The summed E-state index contributed by atoms with van der Waals surface area (Å²) < 4.78 is 10.8. The molecule has 5 heteroatoms. The molecule has 2 aromatic rings. The summed E-state index contributed by atoms with van der Waals surface area (Å²) in [5, 5.41) is 3.96. The van der Waals surface area contributed by atoms with Crippen LogP contribution in [0.3, 0.4) is 0 Å². The van der Waals surface area contributed by atoms with Crippen LogP contribution in [0, 0.1) is 0 Å². The van der Waals surface area contributed by atoms with E-state index in [1.165, 1.54) is 5.56 Å². The summed E-state index contributed by atoms with van der Waals surface area (Å²) >= 11 is 5.46. The Morgan fingerprint density at radius 2 is 1.78 bits per heavy atom. The Bertz CT molecular complexity index is 647. The summed E-state index contributed by atoms with van der Waals surface area (Å²) in [7, 11) is 5.24. The summed E-state index contributed by atoms with van der Waals surface area (Å²) in [5.41, 5.74) is 2.22. The largest absolute Gasteiger partial charge is 0.493 e. The molecule has 0 aliphatic rings. The van der Waals surface area contributed by atoms with Gasteiger partial charge in [0, 0.05) is 25.7 Å². The maximum atomic E-state index is 5.46. The van der Waals surface area contributed by atoms with Crippen molar-refractivity contribution in [3.63, 3.8) is 0 Å². The van der Waals surface area contributed by atoms with Crippen molar-refractivity contribution in [1.29, 1.82) is 0 Å². The van der Waals surface area contributed by atoms with Crippen LogP contribution in [0.25, 0.3) is 0 Å². The number of hydrogen-bond donors (Lipinski definition) is 1. The predicted octanol–water partition coefficient (Wildman–Crippen LogP) is 3.21. The molecule has 0 unspecified atom stereocenters. The van der Waals surface area contributed by atoms with Crippen LogP contribution >= 0.6 is 12.2 Å². The van der Waals surface area contributed by atoms with Gasteiger partial charge in [0.05, 0.1) is 14.2 Å². The molecule has 0 amide bonds. The van der Waals surface area contributed by atoms with E-state index in [4.69, 9.17) is 21.7 Å². The Morgan fingerprint density at radius 3 is 2.43 bits per heavy atom. The van der Waals surface area contributed by atoms with Gasteiger partial charge in [0.1, 0.15) is 0 Å². The van der Waals surface area contributed by atoms with Crippen LogP contribution in [0.15, 0.2) is 48.5 Å². The molecule has 122 valence electrons.